The summed E-state index contributed by atoms with van der Waals surface area (Å²) in [5, 5.41) is 2.87. The molecule has 2 rings (SSSR count). The summed E-state index contributed by atoms with van der Waals surface area (Å²) < 4.78 is 19.0. The molecule has 0 radical (unpaired) electrons. The van der Waals surface area contributed by atoms with Crippen LogP contribution in [0.1, 0.15) is 37.5 Å². The van der Waals surface area contributed by atoms with Crippen molar-refractivity contribution in [2.24, 2.45) is 5.92 Å². The number of rotatable bonds is 9. The van der Waals surface area contributed by atoms with Crippen molar-refractivity contribution >= 4 is 11.8 Å². The van der Waals surface area contributed by atoms with Gasteiger partial charge in [0.05, 0.1) is 0 Å². The quantitative estimate of drug-likeness (QED) is 0.674. The number of carbonyl (C=O) groups is 2. The zero-order chi connectivity index (χ0) is 22.3. The summed E-state index contributed by atoms with van der Waals surface area (Å²) in [5.74, 6) is 0.0490. The molecule has 6 heteroatoms. The molecule has 0 saturated carbocycles. The molecule has 0 aromatic heterocycles. The van der Waals surface area contributed by atoms with Gasteiger partial charge in [-0.15, -0.1) is 0 Å². The molecule has 0 aliphatic carbocycles. The first-order valence-corrected chi connectivity index (χ1v) is 10.2. The van der Waals surface area contributed by atoms with E-state index in [0.29, 0.717) is 18.2 Å². The molecule has 1 unspecified atom stereocenters. The highest BCUT2D eigenvalue weighted by molar-refractivity contribution is 5.88. The summed E-state index contributed by atoms with van der Waals surface area (Å²) in [6.45, 7) is 10.1. The zero-order valence-electron chi connectivity index (χ0n) is 18.4. The molecule has 2 aromatic rings. The van der Waals surface area contributed by atoms with Crippen LogP contribution in [0.5, 0.6) is 5.75 Å². The molecular formula is C24H31FN2O3. The van der Waals surface area contributed by atoms with E-state index in [0.717, 1.165) is 16.7 Å². The van der Waals surface area contributed by atoms with Crippen LogP contribution in [0.2, 0.25) is 0 Å². The normalized spacial score (nSPS) is 11.8. The Labute approximate surface area is 178 Å². The minimum Gasteiger partial charge on any atom is -0.483 e. The highest BCUT2D eigenvalue weighted by atomic mass is 19.1. The average Bonchev–Trinajstić information content (AvgIpc) is 2.71. The summed E-state index contributed by atoms with van der Waals surface area (Å²) in [5.41, 5.74) is 2.78. The maximum Gasteiger partial charge on any atom is 0.261 e. The maximum atomic E-state index is 13.3. The standard InChI is InChI=1S/C24H31FN2O3/c1-16(2)13-26-24(29)19(5)27(14-20-9-11-21(25)12-10-20)23(28)15-30-22-8-6-7-17(3)18(22)4/h6-12,16,19H,13-15H2,1-5H3,(H,26,29). The van der Waals surface area contributed by atoms with Crippen molar-refractivity contribution in [3.63, 3.8) is 0 Å². The summed E-state index contributed by atoms with van der Waals surface area (Å²) in [7, 11) is 0. The van der Waals surface area contributed by atoms with Gasteiger partial charge in [0.1, 0.15) is 17.6 Å². The summed E-state index contributed by atoms with van der Waals surface area (Å²) in [6, 6.07) is 10.9. The summed E-state index contributed by atoms with van der Waals surface area (Å²) in [4.78, 5) is 27.1. The van der Waals surface area contributed by atoms with Gasteiger partial charge in [-0.05, 0) is 61.6 Å². The van der Waals surface area contributed by atoms with Gasteiger partial charge in [-0.1, -0.05) is 38.1 Å². The topological polar surface area (TPSA) is 58.6 Å². The van der Waals surface area contributed by atoms with Crippen molar-refractivity contribution in [1.29, 1.82) is 0 Å². The fraction of sp³-hybridized carbons (Fsp3) is 0.417. The second-order valence-corrected chi connectivity index (χ2v) is 7.95. The van der Waals surface area contributed by atoms with Gasteiger partial charge in [0, 0.05) is 13.1 Å². The minimum absolute atomic E-state index is 0.186. The fourth-order valence-electron chi connectivity index (χ4n) is 2.92. The van der Waals surface area contributed by atoms with Crippen LogP contribution in [-0.2, 0) is 16.1 Å². The van der Waals surface area contributed by atoms with Gasteiger partial charge in [0.25, 0.3) is 5.91 Å². The lowest BCUT2D eigenvalue weighted by Gasteiger charge is -2.29. The number of ether oxygens (including phenoxy) is 1. The van der Waals surface area contributed by atoms with E-state index in [4.69, 9.17) is 4.74 Å². The molecule has 0 aliphatic rings. The first kappa shape index (κ1) is 23.4. The molecule has 0 bridgehead atoms. The number of nitrogens with zero attached hydrogens (tertiary/aromatic N) is 1. The second-order valence-electron chi connectivity index (χ2n) is 7.95. The van der Waals surface area contributed by atoms with Crippen molar-refractivity contribution in [2.45, 2.75) is 47.2 Å². The molecule has 0 aliphatic heterocycles. The highest BCUT2D eigenvalue weighted by Gasteiger charge is 2.26. The van der Waals surface area contributed by atoms with E-state index in [-0.39, 0.29) is 30.8 Å². The van der Waals surface area contributed by atoms with Gasteiger partial charge >= 0.3 is 0 Å². The van der Waals surface area contributed by atoms with E-state index in [1.54, 1.807) is 19.1 Å². The number of halogens is 1. The first-order chi connectivity index (χ1) is 14.2. The van der Waals surface area contributed by atoms with Gasteiger partial charge in [0.15, 0.2) is 6.61 Å². The Bertz CT molecular complexity index is 865. The van der Waals surface area contributed by atoms with E-state index in [1.807, 2.05) is 45.9 Å². The number of benzene rings is 2. The Morgan fingerprint density at radius 3 is 2.37 bits per heavy atom. The van der Waals surface area contributed by atoms with Crippen LogP contribution >= 0.6 is 0 Å². The second kappa shape index (κ2) is 10.8. The van der Waals surface area contributed by atoms with E-state index in [9.17, 15) is 14.0 Å². The largest absolute Gasteiger partial charge is 0.483 e. The molecule has 0 fully saturated rings. The van der Waals surface area contributed by atoms with Crippen LogP contribution < -0.4 is 10.1 Å². The summed E-state index contributed by atoms with van der Waals surface area (Å²) in [6.07, 6.45) is 0. The fourth-order valence-corrected chi connectivity index (χ4v) is 2.92. The van der Waals surface area contributed by atoms with Crippen molar-refractivity contribution in [2.75, 3.05) is 13.2 Å². The van der Waals surface area contributed by atoms with Crippen molar-refractivity contribution < 1.29 is 18.7 Å². The molecule has 2 amide bonds. The Kier molecular flexibility index (Phi) is 8.39. The third kappa shape index (κ3) is 6.58. The molecular weight excluding hydrogens is 383 g/mol. The van der Waals surface area contributed by atoms with Crippen LogP contribution in [0.25, 0.3) is 0 Å². The maximum absolute atomic E-state index is 13.3. The van der Waals surface area contributed by atoms with Crippen molar-refractivity contribution in [3.8, 4) is 5.75 Å². The molecule has 1 N–H and O–H groups in total. The molecule has 162 valence electrons. The highest BCUT2D eigenvalue weighted by Crippen LogP contribution is 2.21. The number of aryl methyl sites for hydroxylation is 1. The van der Waals surface area contributed by atoms with Crippen LogP contribution in [0.3, 0.4) is 0 Å². The van der Waals surface area contributed by atoms with Crippen molar-refractivity contribution in [3.05, 3.63) is 65.0 Å². The molecule has 5 nitrogen and oxygen atoms in total. The van der Waals surface area contributed by atoms with Crippen LogP contribution in [0, 0.1) is 25.6 Å². The number of amides is 2. The first-order valence-electron chi connectivity index (χ1n) is 10.2. The molecule has 1 atom stereocenters. The molecule has 2 aromatic carbocycles. The number of hydrogen-bond acceptors (Lipinski definition) is 3. The van der Waals surface area contributed by atoms with E-state index in [1.165, 1.54) is 17.0 Å². The Hall–Kier alpha value is -2.89. The predicted molar refractivity (Wildman–Crippen MR) is 116 cm³/mol. The number of carbonyl (C=O) groups excluding carboxylic acids is 2. The average molecular weight is 415 g/mol. The summed E-state index contributed by atoms with van der Waals surface area (Å²) >= 11 is 0. The Balaban J connectivity index is 2.15. The van der Waals surface area contributed by atoms with Gasteiger partial charge in [0.2, 0.25) is 5.91 Å². The minimum atomic E-state index is -0.691. The lowest BCUT2D eigenvalue weighted by molar-refractivity contribution is -0.142. The van der Waals surface area contributed by atoms with Gasteiger partial charge in [-0.2, -0.15) is 0 Å². The molecule has 0 spiro atoms. The molecule has 30 heavy (non-hydrogen) atoms. The Morgan fingerprint density at radius 1 is 1.07 bits per heavy atom. The lowest BCUT2D eigenvalue weighted by Crippen LogP contribution is -2.49. The van der Waals surface area contributed by atoms with Gasteiger partial charge < -0.3 is 15.0 Å². The third-order valence-corrected chi connectivity index (χ3v) is 5.02. The third-order valence-electron chi connectivity index (χ3n) is 5.02. The molecule has 0 saturated heterocycles. The van der Waals surface area contributed by atoms with E-state index >= 15 is 0 Å². The van der Waals surface area contributed by atoms with E-state index < -0.39 is 6.04 Å². The predicted octanol–water partition coefficient (Wildman–Crippen LogP) is 4.01. The lowest BCUT2D eigenvalue weighted by atomic mass is 10.1. The van der Waals surface area contributed by atoms with Crippen LogP contribution in [0.15, 0.2) is 42.5 Å². The smallest absolute Gasteiger partial charge is 0.261 e. The number of hydrogen-bond donors (Lipinski definition) is 1. The van der Waals surface area contributed by atoms with Gasteiger partial charge in [-0.3, -0.25) is 9.59 Å². The zero-order valence-corrected chi connectivity index (χ0v) is 18.4. The Morgan fingerprint density at radius 2 is 1.73 bits per heavy atom. The van der Waals surface area contributed by atoms with Crippen LogP contribution in [-0.4, -0.2) is 35.9 Å². The monoisotopic (exact) mass is 414 g/mol. The number of nitrogens with one attached hydrogen (secondary N) is 1. The van der Waals surface area contributed by atoms with Crippen LogP contribution in [0.4, 0.5) is 4.39 Å². The molecule has 0 heterocycles. The SMILES string of the molecule is Cc1cccc(OCC(=O)N(Cc2ccc(F)cc2)C(C)C(=O)NCC(C)C)c1C. The van der Waals surface area contributed by atoms with E-state index in [2.05, 4.69) is 5.32 Å². The van der Waals surface area contributed by atoms with Crippen molar-refractivity contribution in [1.82, 2.24) is 10.2 Å². The van der Waals surface area contributed by atoms with Gasteiger partial charge in [-0.25, -0.2) is 4.39 Å².